The Morgan fingerprint density at radius 3 is 2.64 bits per heavy atom. The molecule has 1 saturated heterocycles. The van der Waals surface area contributed by atoms with Crippen molar-refractivity contribution in [2.75, 3.05) is 18.8 Å². The molecule has 0 bridgehead atoms. The zero-order chi connectivity index (χ0) is 16.1. The van der Waals surface area contributed by atoms with Crippen LogP contribution < -0.4 is 5.73 Å². The van der Waals surface area contributed by atoms with Gasteiger partial charge in [0.1, 0.15) is 11.1 Å². The standard InChI is InChI=1S/C14H18ClFN2O3S/c15-11-1-2-12(17)13(19)14(11)22(20,21)10-5-9(6-10)18-4-3-8(16)7-18/h1-2,8-10,19H,3-7,17H2/t8-,9-,10-/m1/s1. The Balaban J connectivity index is 1.78. The van der Waals surface area contributed by atoms with E-state index in [1.807, 2.05) is 4.90 Å². The summed E-state index contributed by atoms with van der Waals surface area (Å²) in [5, 5.41) is 9.31. The minimum Gasteiger partial charge on any atom is -0.504 e. The maximum atomic E-state index is 13.2. The molecule has 0 unspecified atom stereocenters. The predicted octanol–water partition coefficient (Wildman–Crippen LogP) is 1.98. The number of nitrogens with zero attached hydrogens (tertiary/aromatic N) is 1. The zero-order valence-electron chi connectivity index (χ0n) is 11.9. The van der Waals surface area contributed by atoms with Crippen molar-refractivity contribution in [3.8, 4) is 5.75 Å². The number of nitrogen functional groups attached to an aromatic ring is 1. The van der Waals surface area contributed by atoms with E-state index in [0.29, 0.717) is 32.4 Å². The lowest BCUT2D eigenvalue weighted by molar-refractivity contribution is 0.150. The Morgan fingerprint density at radius 2 is 2.05 bits per heavy atom. The summed E-state index contributed by atoms with van der Waals surface area (Å²) in [6.45, 7) is 1.05. The van der Waals surface area contributed by atoms with Crippen LogP contribution in [0.4, 0.5) is 10.1 Å². The molecular formula is C14H18ClFN2O3S. The third-order valence-electron chi connectivity index (χ3n) is 4.59. The van der Waals surface area contributed by atoms with Crippen molar-refractivity contribution < 1.29 is 17.9 Å². The number of phenols is 1. The van der Waals surface area contributed by atoms with Gasteiger partial charge in [-0.1, -0.05) is 11.6 Å². The van der Waals surface area contributed by atoms with Crippen LogP contribution in [0.3, 0.4) is 0 Å². The highest BCUT2D eigenvalue weighted by molar-refractivity contribution is 7.92. The summed E-state index contributed by atoms with van der Waals surface area (Å²) >= 11 is 5.94. The number of likely N-dealkylation sites (tertiary alicyclic amines) is 1. The van der Waals surface area contributed by atoms with E-state index in [0.717, 1.165) is 0 Å². The first kappa shape index (κ1) is 15.8. The van der Waals surface area contributed by atoms with Crippen LogP contribution in [0.25, 0.3) is 0 Å². The topological polar surface area (TPSA) is 83.6 Å². The van der Waals surface area contributed by atoms with Crippen LogP contribution in [0.5, 0.6) is 5.75 Å². The Labute approximate surface area is 133 Å². The molecule has 3 rings (SSSR count). The third-order valence-corrected chi connectivity index (χ3v) is 7.26. The summed E-state index contributed by atoms with van der Waals surface area (Å²) < 4.78 is 38.5. The van der Waals surface area contributed by atoms with Gasteiger partial charge < -0.3 is 10.8 Å². The smallest absolute Gasteiger partial charge is 0.186 e. The van der Waals surface area contributed by atoms with Gasteiger partial charge >= 0.3 is 0 Å². The van der Waals surface area contributed by atoms with E-state index in [2.05, 4.69) is 0 Å². The second kappa shape index (κ2) is 5.54. The molecule has 1 saturated carbocycles. The van der Waals surface area contributed by atoms with Gasteiger partial charge in [0.15, 0.2) is 15.6 Å². The normalized spacial score (nSPS) is 29.5. The van der Waals surface area contributed by atoms with Crippen LogP contribution in [0, 0.1) is 0 Å². The molecule has 3 N–H and O–H groups in total. The number of sulfone groups is 1. The summed E-state index contributed by atoms with van der Waals surface area (Å²) in [7, 11) is -3.74. The first-order chi connectivity index (χ1) is 10.3. The minimum atomic E-state index is -3.74. The number of alkyl halides is 1. The van der Waals surface area contributed by atoms with Crippen molar-refractivity contribution in [2.45, 2.75) is 41.6 Å². The molecule has 2 fully saturated rings. The number of hydrogen-bond donors (Lipinski definition) is 2. The van der Waals surface area contributed by atoms with E-state index in [9.17, 15) is 17.9 Å². The van der Waals surface area contributed by atoms with Gasteiger partial charge in [-0.2, -0.15) is 0 Å². The molecule has 122 valence electrons. The molecule has 1 heterocycles. The summed E-state index contributed by atoms with van der Waals surface area (Å²) in [6, 6.07) is 2.82. The van der Waals surface area contributed by atoms with Crippen LogP contribution in [0.2, 0.25) is 5.02 Å². The molecule has 1 aromatic carbocycles. The first-order valence-electron chi connectivity index (χ1n) is 7.19. The molecular weight excluding hydrogens is 331 g/mol. The number of anilines is 1. The molecule has 1 atom stereocenters. The number of rotatable bonds is 3. The monoisotopic (exact) mass is 348 g/mol. The summed E-state index contributed by atoms with van der Waals surface area (Å²) in [5.74, 6) is -0.485. The Kier molecular flexibility index (Phi) is 3.99. The van der Waals surface area contributed by atoms with Crippen molar-refractivity contribution in [1.29, 1.82) is 0 Å². The molecule has 0 spiro atoms. The molecule has 0 amide bonds. The Morgan fingerprint density at radius 1 is 1.36 bits per heavy atom. The number of halogens is 2. The SMILES string of the molecule is Nc1ccc(Cl)c(S(=O)(=O)[C@H]2C[C@H](N3CC[C@@H](F)C3)C2)c1O. The van der Waals surface area contributed by atoms with Crippen LogP contribution in [-0.2, 0) is 9.84 Å². The van der Waals surface area contributed by atoms with Gasteiger partial charge in [0, 0.05) is 19.1 Å². The maximum absolute atomic E-state index is 13.2. The van der Waals surface area contributed by atoms with E-state index in [1.54, 1.807) is 0 Å². The van der Waals surface area contributed by atoms with Crippen LogP contribution in [0.1, 0.15) is 19.3 Å². The number of nitrogens with two attached hydrogens (primary N) is 1. The Bertz CT molecular complexity index is 692. The number of aromatic hydroxyl groups is 1. The second-order valence-electron chi connectivity index (χ2n) is 5.99. The van der Waals surface area contributed by atoms with E-state index >= 15 is 0 Å². The van der Waals surface area contributed by atoms with Crippen molar-refractivity contribution >= 4 is 27.1 Å². The van der Waals surface area contributed by atoms with Gasteiger partial charge in [-0.25, -0.2) is 12.8 Å². The van der Waals surface area contributed by atoms with Crippen molar-refractivity contribution in [3.63, 3.8) is 0 Å². The number of benzene rings is 1. The molecule has 5 nitrogen and oxygen atoms in total. The fourth-order valence-electron chi connectivity index (χ4n) is 3.16. The lowest BCUT2D eigenvalue weighted by Crippen LogP contribution is -2.49. The van der Waals surface area contributed by atoms with Crippen LogP contribution in [-0.4, -0.2) is 49.0 Å². The average Bonchev–Trinajstić information content (AvgIpc) is 2.78. The van der Waals surface area contributed by atoms with Gasteiger partial charge in [0.25, 0.3) is 0 Å². The van der Waals surface area contributed by atoms with Gasteiger partial charge in [-0.3, -0.25) is 4.90 Å². The van der Waals surface area contributed by atoms with Gasteiger partial charge in [0.2, 0.25) is 0 Å². The molecule has 0 radical (unpaired) electrons. The highest BCUT2D eigenvalue weighted by Crippen LogP contribution is 2.43. The lowest BCUT2D eigenvalue weighted by atomic mass is 9.91. The molecule has 22 heavy (non-hydrogen) atoms. The zero-order valence-corrected chi connectivity index (χ0v) is 13.4. The van der Waals surface area contributed by atoms with Crippen LogP contribution in [0.15, 0.2) is 17.0 Å². The summed E-state index contributed by atoms with van der Waals surface area (Å²) in [6.07, 6.45) is 0.553. The highest BCUT2D eigenvalue weighted by atomic mass is 35.5. The average molecular weight is 349 g/mol. The molecule has 1 aliphatic carbocycles. The van der Waals surface area contributed by atoms with E-state index in [4.69, 9.17) is 17.3 Å². The quantitative estimate of drug-likeness (QED) is 0.644. The maximum Gasteiger partial charge on any atom is 0.186 e. The molecule has 1 aromatic rings. The second-order valence-corrected chi connectivity index (χ2v) is 8.56. The molecule has 1 aliphatic heterocycles. The van der Waals surface area contributed by atoms with E-state index in [-0.39, 0.29) is 21.6 Å². The van der Waals surface area contributed by atoms with Gasteiger partial charge in [0.05, 0.1) is 16.0 Å². The summed E-state index contributed by atoms with van der Waals surface area (Å²) in [4.78, 5) is 1.71. The highest BCUT2D eigenvalue weighted by Gasteiger charge is 2.45. The van der Waals surface area contributed by atoms with Gasteiger partial charge in [-0.05, 0) is 31.4 Å². The number of phenolic OH excluding ortho intramolecular Hbond substituents is 1. The minimum absolute atomic E-state index is 0.0151. The van der Waals surface area contributed by atoms with E-state index in [1.165, 1.54) is 12.1 Å². The molecule has 2 aliphatic rings. The van der Waals surface area contributed by atoms with Crippen molar-refractivity contribution in [1.82, 2.24) is 4.90 Å². The van der Waals surface area contributed by atoms with Gasteiger partial charge in [-0.15, -0.1) is 0 Å². The Hall–Kier alpha value is -1.05. The fraction of sp³-hybridized carbons (Fsp3) is 0.571. The molecule has 0 aromatic heterocycles. The molecule has 8 heteroatoms. The first-order valence-corrected chi connectivity index (χ1v) is 9.12. The summed E-state index contributed by atoms with van der Waals surface area (Å²) in [5.41, 5.74) is 5.55. The number of hydrogen-bond acceptors (Lipinski definition) is 5. The largest absolute Gasteiger partial charge is 0.504 e. The fourth-order valence-corrected chi connectivity index (χ4v) is 5.65. The van der Waals surface area contributed by atoms with Crippen LogP contribution >= 0.6 is 11.6 Å². The van der Waals surface area contributed by atoms with Crippen molar-refractivity contribution in [3.05, 3.63) is 17.2 Å². The van der Waals surface area contributed by atoms with Crippen molar-refractivity contribution in [2.24, 2.45) is 0 Å². The lowest BCUT2D eigenvalue weighted by Gasteiger charge is -2.40. The predicted molar refractivity (Wildman–Crippen MR) is 82.6 cm³/mol. The third kappa shape index (κ3) is 2.55. The van der Waals surface area contributed by atoms with E-state index < -0.39 is 27.0 Å².